The molecular weight excluding hydrogens is 196 g/mol. The minimum atomic E-state index is -4.67. The Morgan fingerprint density at radius 1 is 1.38 bits per heavy atom. The van der Waals surface area contributed by atoms with Crippen molar-refractivity contribution in [3.63, 3.8) is 0 Å². The molecule has 0 spiro atoms. The lowest BCUT2D eigenvalue weighted by atomic mass is 10.1. The quantitative estimate of drug-likeness (QED) is 0.581. The molecule has 0 bridgehead atoms. The van der Waals surface area contributed by atoms with E-state index in [9.17, 15) is 18.6 Å². The number of hydrogen-bond donors (Lipinski definition) is 3. The highest BCUT2D eigenvalue weighted by molar-refractivity contribution is 7.87. The molecule has 0 aromatic rings. The third-order valence-corrected chi connectivity index (χ3v) is 3.22. The molecule has 0 fully saturated rings. The zero-order chi connectivity index (χ0) is 10.7. The Bertz CT molecular complexity index is 248. The first-order valence-corrected chi connectivity index (χ1v) is 5.48. The molecule has 0 rings (SSSR count). The van der Waals surface area contributed by atoms with Crippen molar-refractivity contribution in [1.29, 1.82) is 0 Å². The second-order valence-electron chi connectivity index (χ2n) is 2.81. The zero-order valence-corrected chi connectivity index (χ0v) is 8.50. The van der Waals surface area contributed by atoms with Gasteiger partial charge in [-0.05, 0) is 12.8 Å². The van der Waals surface area contributed by atoms with E-state index in [1.165, 1.54) is 6.92 Å². The van der Waals surface area contributed by atoms with Crippen LogP contribution in [0.4, 0.5) is 0 Å². The maximum absolute atomic E-state index is 10.7. The third-order valence-electron chi connectivity index (χ3n) is 1.84. The van der Waals surface area contributed by atoms with E-state index in [1.54, 1.807) is 6.92 Å². The van der Waals surface area contributed by atoms with Crippen molar-refractivity contribution < 1.29 is 23.2 Å². The van der Waals surface area contributed by atoms with Gasteiger partial charge in [0, 0.05) is 0 Å². The molecule has 1 atom stereocenters. The summed E-state index contributed by atoms with van der Waals surface area (Å²) in [6.45, 7) is 3.08. The average Bonchev–Trinajstić information content (AvgIpc) is 2.01. The van der Waals surface area contributed by atoms with E-state index in [0.29, 0.717) is 6.42 Å². The van der Waals surface area contributed by atoms with Gasteiger partial charge in [-0.25, -0.2) is 0 Å². The average molecular weight is 211 g/mol. The molecule has 0 aliphatic rings. The highest BCUT2D eigenvalue weighted by atomic mass is 32.2. The summed E-state index contributed by atoms with van der Waals surface area (Å²) < 4.78 is 30.1. The molecule has 1 unspecified atom stereocenters. The molecule has 5 nitrogen and oxygen atoms in total. The smallest absolute Gasteiger partial charge is 0.298 e. The summed E-state index contributed by atoms with van der Waals surface area (Å²) in [6, 6.07) is 0. The molecule has 0 amide bonds. The minimum Gasteiger partial charge on any atom is -0.382 e. The summed E-state index contributed by atoms with van der Waals surface area (Å²) in [6.07, 6.45) is -0.356. The van der Waals surface area contributed by atoms with Crippen LogP contribution in [0.25, 0.3) is 0 Å². The highest BCUT2D eigenvalue weighted by Gasteiger charge is 2.46. The number of hydrogen-bond acceptors (Lipinski definition) is 4. The molecule has 0 heterocycles. The Kier molecular flexibility index (Phi) is 4.31. The lowest BCUT2D eigenvalue weighted by Crippen LogP contribution is -2.43. The first kappa shape index (κ1) is 12.8. The first-order chi connectivity index (χ1) is 5.79. The van der Waals surface area contributed by atoms with E-state index >= 15 is 0 Å². The Hall–Kier alpha value is -0.170. The van der Waals surface area contributed by atoms with Gasteiger partial charge in [-0.2, -0.15) is 8.42 Å². The van der Waals surface area contributed by atoms with Crippen LogP contribution in [-0.4, -0.2) is 28.1 Å². The van der Waals surface area contributed by atoms with Gasteiger partial charge in [-0.15, -0.1) is 0 Å². The molecule has 3 N–H and O–H groups in total. The van der Waals surface area contributed by atoms with E-state index in [1.807, 2.05) is 0 Å². The monoisotopic (exact) mass is 211 g/mol. The van der Waals surface area contributed by atoms with Crippen molar-refractivity contribution in [1.82, 2.24) is 0 Å². The van der Waals surface area contributed by atoms with Crippen LogP contribution in [0, 0.1) is 6.10 Å². The van der Waals surface area contributed by atoms with Gasteiger partial charge in [0.25, 0.3) is 10.1 Å². The fourth-order valence-electron chi connectivity index (χ4n) is 0.967. The van der Waals surface area contributed by atoms with Gasteiger partial charge in [0.1, 0.15) is 6.10 Å². The van der Waals surface area contributed by atoms with E-state index in [4.69, 9.17) is 4.55 Å². The number of rotatable bonds is 5. The summed E-state index contributed by atoms with van der Waals surface area (Å²) in [5.41, 5.74) is 0. The number of aliphatic hydroxyl groups is 2. The van der Waals surface area contributed by atoms with E-state index in [0.717, 1.165) is 0 Å². The van der Waals surface area contributed by atoms with Crippen LogP contribution in [0.1, 0.15) is 33.1 Å². The van der Waals surface area contributed by atoms with Gasteiger partial charge in [0.15, 0.2) is 0 Å². The van der Waals surface area contributed by atoms with Crippen LogP contribution in [0.3, 0.4) is 0 Å². The molecule has 13 heavy (non-hydrogen) atoms. The Morgan fingerprint density at radius 3 is 2.08 bits per heavy atom. The summed E-state index contributed by atoms with van der Waals surface area (Å²) in [5, 5.41) is 18.7. The van der Waals surface area contributed by atoms with Gasteiger partial charge < -0.3 is 10.2 Å². The SMILES string of the molecule is CCC[C](O)C(O)(CC)S(=O)(=O)O. The fourth-order valence-corrected chi connectivity index (χ4v) is 1.73. The lowest BCUT2D eigenvalue weighted by molar-refractivity contribution is 0.0434. The van der Waals surface area contributed by atoms with Crippen LogP contribution in [0.5, 0.6) is 0 Å². The fraction of sp³-hybridized carbons (Fsp3) is 0.857. The molecule has 79 valence electrons. The van der Waals surface area contributed by atoms with Gasteiger partial charge in [0.05, 0.1) is 0 Å². The molecule has 0 saturated heterocycles. The predicted molar refractivity (Wildman–Crippen MR) is 46.9 cm³/mol. The summed E-state index contributed by atoms with van der Waals surface area (Å²) in [5.74, 6) is 0. The van der Waals surface area contributed by atoms with Gasteiger partial charge in [0.2, 0.25) is 4.93 Å². The zero-order valence-electron chi connectivity index (χ0n) is 7.69. The molecule has 6 heteroatoms. The summed E-state index contributed by atoms with van der Waals surface area (Å²) in [7, 11) is -4.67. The van der Waals surface area contributed by atoms with Crippen LogP contribution < -0.4 is 0 Å². The second-order valence-corrected chi connectivity index (χ2v) is 4.44. The van der Waals surface area contributed by atoms with E-state index < -0.39 is 21.2 Å². The third kappa shape index (κ3) is 2.63. The first-order valence-electron chi connectivity index (χ1n) is 4.04. The van der Waals surface area contributed by atoms with Crippen molar-refractivity contribution in [2.75, 3.05) is 0 Å². The Labute approximate surface area is 78.1 Å². The van der Waals surface area contributed by atoms with Crippen molar-refractivity contribution in [2.45, 2.75) is 38.0 Å². The molecule has 0 aliphatic carbocycles. The Morgan fingerprint density at radius 2 is 1.85 bits per heavy atom. The van der Waals surface area contributed by atoms with Crippen LogP contribution in [-0.2, 0) is 10.1 Å². The maximum Gasteiger partial charge on any atom is 0.298 e. The highest BCUT2D eigenvalue weighted by Crippen LogP contribution is 2.29. The van der Waals surface area contributed by atoms with E-state index in [2.05, 4.69) is 0 Å². The molecule has 0 aromatic heterocycles. The molecule has 1 radical (unpaired) electrons. The second kappa shape index (κ2) is 4.36. The maximum atomic E-state index is 10.7. The standard InChI is InChI=1S/C7H15O5S/c1-3-5-6(8)7(9,4-2)13(10,11)12/h8-9H,3-5H2,1-2H3,(H,10,11,12). The van der Waals surface area contributed by atoms with Gasteiger partial charge in [-0.1, -0.05) is 20.3 Å². The summed E-state index contributed by atoms with van der Waals surface area (Å²) in [4.78, 5) is -2.51. The van der Waals surface area contributed by atoms with Gasteiger partial charge >= 0.3 is 0 Å². The summed E-state index contributed by atoms with van der Waals surface area (Å²) >= 11 is 0. The number of aliphatic hydroxyl groups excluding tert-OH is 1. The molecule has 0 saturated carbocycles. The lowest BCUT2D eigenvalue weighted by Gasteiger charge is -2.27. The normalized spacial score (nSPS) is 17.4. The van der Waals surface area contributed by atoms with Gasteiger partial charge in [-0.3, -0.25) is 4.55 Å². The Balaban J connectivity index is 4.84. The van der Waals surface area contributed by atoms with Crippen molar-refractivity contribution >= 4 is 10.1 Å². The van der Waals surface area contributed by atoms with Crippen LogP contribution in [0.15, 0.2) is 0 Å². The van der Waals surface area contributed by atoms with Crippen molar-refractivity contribution in [3.8, 4) is 0 Å². The largest absolute Gasteiger partial charge is 0.382 e. The van der Waals surface area contributed by atoms with Crippen molar-refractivity contribution in [2.24, 2.45) is 0 Å². The molecular formula is C7H15O5S. The molecule has 0 aromatic carbocycles. The topological polar surface area (TPSA) is 94.8 Å². The predicted octanol–water partition coefficient (Wildman–Crippen LogP) is 0.677. The van der Waals surface area contributed by atoms with Crippen LogP contribution >= 0.6 is 0 Å². The molecule has 0 aliphatic heterocycles. The van der Waals surface area contributed by atoms with Crippen molar-refractivity contribution in [3.05, 3.63) is 6.10 Å². The van der Waals surface area contributed by atoms with Crippen LogP contribution in [0.2, 0.25) is 0 Å². The van der Waals surface area contributed by atoms with E-state index in [-0.39, 0.29) is 12.8 Å². The minimum absolute atomic E-state index is 0.0458.